The number of nitrogens with one attached hydrogen (secondary N) is 1. The Morgan fingerprint density at radius 3 is 2.88 bits per heavy atom. The molecule has 9 heteroatoms. The maximum Gasteiger partial charge on any atom is 0.329 e. The number of rotatable bonds is 4. The van der Waals surface area contributed by atoms with Crippen LogP contribution in [0.4, 0.5) is 0 Å². The van der Waals surface area contributed by atoms with Crippen molar-refractivity contribution >= 4 is 35.2 Å². The van der Waals surface area contributed by atoms with E-state index < -0.39 is 17.9 Å². The third-order valence-electron chi connectivity index (χ3n) is 3.51. The lowest BCUT2D eigenvalue weighted by Crippen LogP contribution is -2.38. The summed E-state index contributed by atoms with van der Waals surface area (Å²) in [5.74, 6) is -0.828. The number of hydrogen-bond acceptors (Lipinski definition) is 6. The first kappa shape index (κ1) is 16.8. The molecule has 1 N–H and O–H groups in total. The summed E-state index contributed by atoms with van der Waals surface area (Å²) in [6.07, 6.45) is 5.19. The first-order valence-electron chi connectivity index (χ1n) is 7.26. The molecule has 7 nitrogen and oxygen atoms in total. The average Bonchev–Trinajstić information content (AvgIpc) is 3.07. The van der Waals surface area contributed by atoms with Gasteiger partial charge in [-0.2, -0.15) is 0 Å². The fourth-order valence-electron chi connectivity index (χ4n) is 2.28. The smallest absolute Gasteiger partial charge is 0.329 e. The third-order valence-corrected chi connectivity index (χ3v) is 5.00. The van der Waals surface area contributed by atoms with Gasteiger partial charge < -0.3 is 14.6 Å². The number of halogens is 1. The molecular formula is C15H15ClN4O3S. The highest BCUT2D eigenvalue weighted by atomic mass is 35.5. The maximum absolute atomic E-state index is 12.2. The summed E-state index contributed by atoms with van der Waals surface area (Å²) in [4.78, 5) is 32.3. The molecule has 2 aromatic rings. The fourth-order valence-corrected chi connectivity index (χ4v) is 3.31. The summed E-state index contributed by atoms with van der Waals surface area (Å²) >= 11 is 7.52. The van der Waals surface area contributed by atoms with Gasteiger partial charge in [0.2, 0.25) is 0 Å². The van der Waals surface area contributed by atoms with Crippen molar-refractivity contribution in [3.05, 3.63) is 35.2 Å². The molecule has 2 atom stereocenters. The zero-order chi connectivity index (χ0) is 17.3. The van der Waals surface area contributed by atoms with E-state index in [0.717, 1.165) is 5.16 Å². The number of aromatic nitrogens is 3. The molecule has 3 rings (SSSR count). The van der Waals surface area contributed by atoms with Gasteiger partial charge in [0.25, 0.3) is 5.91 Å². The third kappa shape index (κ3) is 3.54. The average molecular weight is 367 g/mol. The van der Waals surface area contributed by atoms with Crippen LogP contribution in [0, 0.1) is 0 Å². The number of aryl methyl sites for hydroxylation is 1. The Labute approximate surface area is 147 Å². The molecule has 0 radical (unpaired) electrons. The molecule has 2 unspecified atom stereocenters. The first-order valence-corrected chi connectivity index (χ1v) is 8.45. The van der Waals surface area contributed by atoms with Crippen LogP contribution in [-0.4, -0.2) is 38.6 Å². The van der Waals surface area contributed by atoms with E-state index in [4.69, 9.17) is 16.3 Å². The summed E-state index contributed by atoms with van der Waals surface area (Å²) in [6, 6.07) is 0.895. The summed E-state index contributed by atoms with van der Waals surface area (Å²) in [7, 11) is 1.87. The number of esters is 1. The van der Waals surface area contributed by atoms with Crippen molar-refractivity contribution in [2.45, 2.75) is 35.7 Å². The monoisotopic (exact) mass is 366 g/mol. The van der Waals surface area contributed by atoms with Gasteiger partial charge in [-0.1, -0.05) is 11.6 Å². The van der Waals surface area contributed by atoms with Gasteiger partial charge in [-0.05, 0) is 24.8 Å². The number of carbonyl (C=O) groups is 2. The lowest BCUT2D eigenvalue weighted by atomic mass is 10.1. The van der Waals surface area contributed by atoms with Gasteiger partial charge in [0.1, 0.15) is 17.2 Å². The van der Waals surface area contributed by atoms with Crippen molar-refractivity contribution < 1.29 is 14.3 Å². The normalized spacial score (nSPS) is 20.0. The predicted octanol–water partition coefficient (Wildman–Crippen LogP) is 2.05. The summed E-state index contributed by atoms with van der Waals surface area (Å²) < 4.78 is 6.86. The molecule has 2 aromatic heterocycles. The van der Waals surface area contributed by atoms with Crippen LogP contribution in [0.2, 0.25) is 5.02 Å². The maximum atomic E-state index is 12.2. The van der Waals surface area contributed by atoms with Crippen LogP contribution >= 0.6 is 23.4 Å². The van der Waals surface area contributed by atoms with E-state index in [-0.39, 0.29) is 11.7 Å². The van der Waals surface area contributed by atoms with Crippen LogP contribution in [-0.2, 0) is 16.6 Å². The molecule has 1 amide bonds. The van der Waals surface area contributed by atoms with Crippen molar-refractivity contribution in [3.63, 3.8) is 0 Å². The van der Waals surface area contributed by atoms with Gasteiger partial charge in [-0.15, -0.1) is 0 Å². The Balaban J connectivity index is 1.71. The second-order valence-corrected chi connectivity index (χ2v) is 6.81. The van der Waals surface area contributed by atoms with Gasteiger partial charge in [-0.3, -0.25) is 4.79 Å². The lowest BCUT2D eigenvalue weighted by molar-refractivity contribution is -0.142. The second-order valence-electron chi connectivity index (χ2n) is 5.44. The predicted molar refractivity (Wildman–Crippen MR) is 88.0 cm³/mol. The molecule has 1 aliphatic heterocycles. The summed E-state index contributed by atoms with van der Waals surface area (Å²) in [5.41, 5.74) is 0.288. The standard InChI is InChI=1S/C15H15ClN4O3S/c1-8-5-11(14(22)23-8)19-12(21)9-6-10(16)13(18-7-9)24-15-17-3-4-20(15)2/h3-4,6-8,11H,5H2,1-2H3,(H,19,21). The van der Waals surface area contributed by atoms with Crippen LogP contribution in [0.5, 0.6) is 0 Å². The van der Waals surface area contributed by atoms with Crippen LogP contribution in [0.1, 0.15) is 23.7 Å². The molecule has 1 saturated heterocycles. The second kappa shape index (κ2) is 6.82. The highest BCUT2D eigenvalue weighted by Gasteiger charge is 2.33. The summed E-state index contributed by atoms with van der Waals surface area (Å²) in [5, 5.41) is 4.28. The molecule has 24 heavy (non-hydrogen) atoms. The minimum atomic E-state index is -0.632. The van der Waals surface area contributed by atoms with E-state index in [1.165, 1.54) is 24.0 Å². The Morgan fingerprint density at radius 2 is 2.29 bits per heavy atom. The van der Waals surface area contributed by atoms with E-state index in [0.29, 0.717) is 16.5 Å². The number of pyridine rings is 1. The minimum Gasteiger partial charge on any atom is -0.461 e. The van der Waals surface area contributed by atoms with Crippen LogP contribution in [0.3, 0.4) is 0 Å². The van der Waals surface area contributed by atoms with Crippen molar-refractivity contribution in [1.82, 2.24) is 19.9 Å². The number of nitrogens with zero attached hydrogens (tertiary/aromatic N) is 3. The van der Waals surface area contributed by atoms with Crippen LogP contribution in [0.15, 0.2) is 34.8 Å². The van der Waals surface area contributed by atoms with E-state index in [9.17, 15) is 9.59 Å². The van der Waals surface area contributed by atoms with Gasteiger partial charge >= 0.3 is 5.97 Å². The Kier molecular flexibility index (Phi) is 4.77. The number of imidazole rings is 1. The molecule has 1 aliphatic rings. The lowest BCUT2D eigenvalue weighted by Gasteiger charge is -2.10. The molecule has 0 spiro atoms. The van der Waals surface area contributed by atoms with Crippen molar-refractivity contribution in [2.24, 2.45) is 7.05 Å². The SMILES string of the molecule is CC1CC(NC(=O)c2cnc(Sc3nccn3C)c(Cl)c2)C(=O)O1. The molecule has 0 bridgehead atoms. The van der Waals surface area contributed by atoms with Gasteiger partial charge in [0.05, 0.1) is 10.6 Å². The van der Waals surface area contributed by atoms with Gasteiger partial charge in [0, 0.05) is 32.1 Å². The number of cyclic esters (lactones) is 1. The van der Waals surface area contributed by atoms with E-state index >= 15 is 0 Å². The topological polar surface area (TPSA) is 86.1 Å². The molecule has 0 aliphatic carbocycles. The number of carbonyl (C=O) groups excluding carboxylic acids is 2. The summed E-state index contributed by atoms with van der Waals surface area (Å²) in [6.45, 7) is 1.78. The number of ether oxygens (including phenoxy) is 1. The quantitative estimate of drug-likeness (QED) is 0.833. The zero-order valence-corrected chi connectivity index (χ0v) is 14.6. The zero-order valence-electron chi connectivity index (χ0n) is 13.0. The van der Waals surface area contributed by atoms with Crippen molar-refractivity contribution in [2.75, 3.05) is 0 Å². The Morgan fingerprint density at radius 1 is 1.50 bits per heavy atom. The minimum absolute atomic E-state index is 0.193. The van der Waals surface area contributed by atoms with Crippen LogP contribution in [0.25, 0.3) is 0 Å². The molecule has 0 aromatic carbocycles. The largest absolute Gasteiger partial charge is 0.461 e. The van der Waals surface area contributed by atoms with E-state index in [1.807, 2.05) is 17.8 Å². The first-order chi connectivity index (χ1) is 11.4. The number of amides is 1. The van der Waals surface area contributed by atoms with Crippen LogP contribution < -0.4 is 5.32 Å². The molecule has 126 valence electrons. The van der Waals surface area contributed by atoms with E-state index in [1.54, 1.807) is 13.1 Å². The number of hydrogen-bond donors (Lipinski definition) is 1. The van der Waals surface area contributed by atoms with Gasteiger partial charge in [0.15, 0.2) is 5.16 Å². The van der Waals surface area contributed by atoms with Crippen molar-refractivity contribution in [3.8, 4) is 0 Å². The van der Waals surface area contributed by atoms with Crippen molar-refractivity contribution in [1.29, 1.82) is 0 Å². The Bertz CT molecular complexity index is 795. The molecule has 0 saturated carbocycles. The molecule has 1 fully saturated rings. The highest BCUT2D eigenvalue weighted by molar-refractivity contribution is 7.99. The van der Waals surface area contributed by atoms with E-state index in [2.05, 4.69) is 15.3 Å². The molecule has 3 heterocycles. The fraction of sp³-hybridized carbons (Fsp3) is 0.333. The Hall–Kier alpha value is -2.06. The highest BCUT2D eigenvalue weighted by Crippen LogP contribution is 2.30. The molecular weight excluding hydrogens is 352 g/mol. The van der Waals surface area contributed by atoms with Gasteiger partial charge in [-0.25, -0.2) is 14.8 Å².